The SMILES string of the molecule is CN(C)CCNC(=O)CC1C(=O)NCCN1Cc1cccc(F)c1. The maximum Gasteiger partial charge on any atom is 0.237 e. The lowest BCUT2D eigenvalue weighted by atomic mass is 10.1. The molecule has 2 rings (SSSR count). The average molecular weight is 336 g/mol. The minimum Gasteiger partial charge on any atom is -0.355 e. The Balaban J connectivity index is 1.95. The van der Waals surface area contributed by atoms with Crippen LogP contribution in [0.1, 0.15) is 12.0 Å². The highest BCUT2D eigenvalue weighted by molar-refractivity contribution is 5.88. The van der Waals surface area contributed by atoms with E-state index in [1.54, 1.807) is 6.07 Å². The van der Waals surface area contributed by atoms with Gasteiger partial charge in [-0.1, -0.05) is 12.1 Å². The van der Waals surface area contributed by atoms with Gasteiger partial charge >= 0.3 is 0 Å². The summed E-state index contributed by atoms with van der Waals surface area (Å²) in [4.78, 5) is 28.2. The molecule has 0 saturated carbocycles. The molecule has 2 N–H and O–H groups in total. The minimum absolute atomic E-state index is 0.106. The van der Waals surface area contributed by atoms with Gasteiger partial charge in [0.2, 0.25) is 11.8 Å². The van der Waals surface area contributed by atoms with Crippen LogP contribution in [0.5, 0.6) is 0 Å². The van der Waals surface area contributed by atoms with E-state index >= 15 is 0 Å². The first kappa shape index (κ1) is 18.4. The number of likely N-dealkylation sites (N-methyl/N-ethyl adjacent to an activating group) is 1. The smallest absolute Gasteiger partial charge is 0.237 e. The number of nitrogens with zero attached hydrogens (tertiary/aromatic N) is 2. The standard InChI is InChI=1S/C17H25FN4O2/c1-21(2)8-6-19-16(23)11-15-17(24)20-7-9-22(15)12-13-4-3-5-14(18)10-13/h3-5,10,15H,6-9,11-12H2,1-2H3,(H,19,23)(H,20,24). The topological polar surface area (TPSA) is 64.7 Å². The number of hydrogen-bond donors (Lipinski definition) is 2. The van der Waals surface area contributed by atoms with Crippen LogP contribution in [0.4, 0.5) is 4.39 Å². The first-order valence-corrected chi connectivity index (χ1v) is 8.13. The fraction of sp³-hybridized carbons (Fsp3) is 0.529. The maximum atomic E-state index is 13.3. The van der Waals surface area contributed by atoms with Gasteiger partial charge in [0.15, 0.2) is 0 Å². The second kappa shape index (κ2) is 8.75. The van der Waals surface area contributed by atoms with E-state index in [1.807, 2.05) is 30.0 Å². The van der Waals surface area contributed by atoms with Crippen LogP contribution in [0.3, 0.4) is 0 Å². The Labute approximate surface area is 142 Å². The predicted octanol–water partition coefficient (Wildman–Crippen LogP) is 0.194. The van der Waals surface area contributed by atoms with Crippen molar-refractivity contribution in [3.05, 3.63) is 35.6 Å². The normalized spacial score (nSPS) is 18.5. The van der Waals surface area contributed by atoms with Crippen molar-refractivity contribution in [3.63, 3.8) is 0 Å². The third-order valence-corrected chi connectivity index (χ3v) is 3.98. The molecule has 0 spiro atoms. The van der Waals surface area contributed by atoms with Gasteiger partial charge in [-0.15, -0.1) is 0 Å². The van der Waals surface area contributed by atoms with E-state index in [-0.39, 0.29) is 24.1 Å². The highest BCUT2D eigenvalue weighted by Gasteiger charge is 2.31. The Morgan fingerprint density at radius 2 is 2.25 bits per heavy atom. The molecule has 132 valence electrons. The lowest BCUT2D eigenvalue weighted by Crippen LogP contribution is -2.56. The molecule has 7 heteroatoms. The van der Waals surface area contributed by atoms with Gasteiger partial charge in [-0.3, -0.25) is 14.5 Å². The highest BCUT2D eigenvalue weighted by Crippen LogP contribution is 2.14. The molecule has 0 aliphatic carbocycles. The van der Waals surface area contributed by atoms with Gasteiger partial charge in [0.25, 0.3) is 0 Å². The van der Waals surface area contributed by atoms with Gasteiger partial charge in [0, 0.05) is 32.7 Å². The fourth-order valence-corrected chi connectivity index (χ4v) is 2.71. The Morgan fingerprint density at radius 3 is 2.96 bits per heavy atom. The van der Waals surface area contributed by atoms with Crippen molar-refractivity contribution in [3.8, 4) is 0 Å². The second-order valence-electron chi connectivity index (χ2n) is 6.26. The quantitative estimate of drug-likeness (QED) is 0.746. The summed E-state index contributed by atoms with van der Waals surface area (Å²) >= 11 is 0. The molecular formula is C17H25FN4O2. The van der Waals surface area contributed by atoms with Crippen LogP contribution < -0.4 is 10.6 Å². The lowest BCUT2D eigenvalue weighted by Gasteiger charge is -2.34. The van der Waals surface area contributed by atoms with Crippen molar-refractivity contribution in [2.75, 3.05) is 40.3 Å². The van der Waals surface area contributed by atoms with E-state index in [1.165, 1.54) is 12.1 Å². The van der Waals surface area contributed by atoms with Gasteiger partial charge in [-0.2, -0.15) is 0 Å². The number of hydrogen-bond acceptors (Lipinski definition) is 4. The van der Waals surface area contributed by atoms with Crippen molar-refractivity contribution >= 4 is 11.8 Å². The van der Waals surface area contributed by atoms with Crippen molar-refractivity contribution in [1.82, 2.24) is 20.4 Å². The molecule has 1 heterocycles. The van der Waals surface area contributed by atoms with E-state index in [2.05, 4.69) is 10.6 Å². The number of benzene rings is 1. The van der Waals surface area contributed by atoms with Gasteiger partial charge in [0.1, 0.15) is 5.82 Å². The molecule has 0 aromatic heterocycles. The van der Waals surface area contributed by atoms with Gasteiger partial charge in [0.05, 0.1) is 12.5 Å². The van der Waals surface area contributed by atoms with Crippen molar-refractivity contribution in [2.45, 2.75) is 19.0 Å². The molecule has 1 fully saturated rings. The number of piperazine rings is 1. The summed E-state index contributed by atoms with van der Waals surface area (Å²) in [5, 5.41) is 5.62. The predicted molar refractivity (Wildman–Crippen MR) is 89.8 cm³/mol. The summed E-state index contributed by atoms with van der Waals surface area (Å²) in [5.74, 6) is -0.601. The molecule has 1 aliphatic heterocycles. The van der Waals surface area contributed by atoms with Crippen LogP contribution in [-0.2, 0) is 16.1 Å². The Kier molecular flexibility index (Phi) is 6.69. The minimum atomic E-state index is -0.527. The number of carbonyl (C=O) groups excluding carboxylic acids is 2. The summed E-state index contributed by atoms with van der Waals surface area (Å²) in [6, 6.07) is 5.80. The third-order valence-electron chi connectivity index (χ3n) is 3.98. The zero-order valence-corrected chi connectivity index (χ0v) is 14.2. The number of nitrogens with one attached hydrogen (secondary N) is 2. The van der Waals surface area contributed by atoms with Crippen LogP contribution in [0.2, 0.25) is 0 Å². The van der Waals surface area contributed by atoms with E-state index in [9.17, 15) is 14.0 Å². The van der Waals surface area contributed by atoms with Crippen molar-refractivity contribution < 1.29 is 14.0 Å². The van der Waals surface area contributed by atoms with E-state index in [0.717, 1.165) is 12.1 Å². The van der Waals surface area contributed by atoms with Crippen molar-refractivity contribution in [2.24, 2.45) is 0 Å². The van der Waals surface area contributed by atoms with E-state index < -0.39 is 6.04 Å². The Bertz CT molecular complexity index is 579. The largest absolute Gasteiger partial charge is 0.355 e. The zero-order valence-electron chi connectivity index (χ0n) is 14.2. The molecule has 24 heavy (non-hydrogen) atoms. The average Bonchev–Trinajstić information content (AvgIpc) is 2.50. The summed E-state index contributed by atoms with van der Waals surface area (Å²) in [5.41, 5.74) is 0.794. The van der Waals surface area contributed by atoms with Gasteiger partial charge in [-0.05, 0) is 31.8 Å². The molecule has 1 aliphatic rings. The molecule has 2 amide bonds. The van der Waals surface area contributed by atoms with Crippen LogP contribution in [-0.4, -0.2) is 67.9 Å². The fourth-order valence-electron chi connectivity index (χ4n) is 2.71. The molecule has 1 saturated heterocycles. The first-order chi connectivity index (χ1) is 11.5. The van der Waals surface area contributed by atoms with Crippen LogP contribution in [0.15, 0.2) is 24.3 Å². The zero-order chi connectivity index (χ0) is 17.5. The summed E-state index contributed by atoms with van der Waals surface area (Å²) in [6.07, 6.45) is 0.106. The van der Waals surface area contributed by atoms with E-state index in [4.69, 9.17) is 0 Å². The van der Waals surface area contributed by atoms with Crippen LogP contribution >= 0.6 is 0 Å². The molecule has 1 unspecified atom stereocenters. The van der Waals surface area contributed by atoms with Crippen LogP contribution in [0, 0.1) is 5.82 Å². The first-order valence-electron chi connectivity index (χ1n) is 8.13. The maximum absolute atomic E-state index is 13.3. The molecule has 1 aromatic carbocycles. The van der Waals surface area contributed by atoms with Gasteiger partial charge < -0.3 is 15.5 Å². The van der Waals surface area contributed by atoms with Gasteiger partial charge in [-0.25, -0.2) is 4.39 Å². The number of amides is 2. The van der Waals surface area contributed by atoms with Crippen molar-refractivity contribution in [1.29, 1.82) is 0 Å². The molecule has 1 aromatic rings. The lowest BCUT2D eigenvalue weighted by molar-refractivity contribution is -0.134. The third kappa shape index (κ3) is 5.58. The van der Waals surface area contributed by atoms with E-state index in [0.29, 0.717) is 26.2 Å². The number of halogens is 1. The molecule has 0 bridgehead atoms. The van der Waals surface area contributed by atoms with Crippen LogP contribution in [0.25, 0.3) is 0 Å². The Hall–Kier alpha value is -1.99. The molecule has 1 atom stereocenters. The summed E-state index contributed by atoms with van der Waals surface area (Å²) in [7, 11) is 3.86. The highest BCUT2D eigenvalue weighted by atomic mass is 19.1. The second-order valence-corrected chi connectivity index (χ2v) is 6.26. The number of rotatable bonds is 7. The summed E-state index contributed by atoms with van der Waals surface area (Å²) < 4.78 is 13.3. The monoisotopic (exact) mass is 336 g/mol. The molecule has 6 nitrogen and oxygen atoms in total. The Morgan fingerprint density at radius 1 is 1.46 bits per heavy atom. The molecule has 0 radical (unpaired) electrons. The summed E-state index contributed by atoms with van der Waals surface area (Å²) in [6.45, 7) is 2.91. The molecular weight excluding hydrogens is 311 g/mol. The number of carbonyl (C=O) groups is 2.